The minimum absolute atomic E-state index is 0.103. The van der Waals surface area contributed by atoms with Crippen molar-refractivity contribution in [3.8, 4) is 0 Å². The Morgan fingerprint density at radius 1 is 0.742 bits per heavy atom. The van der Waals surface area contributed by atoms with Crippen LogP contribution in [0.25, 0.3) is 0 Å². The maximum Gasteiger partial charge on any atom is 0.122 e. The number of aliphatic hydroxyl groups is 4. The maximum atomic E-state index is 11.4. The monoisotopic (exact) mass is 430 g/mol. The van der Waals surface area contributed by atoms with E-state index in [1.54, 1.807) is 0 Å². The third-order valence-electron chi connectivity index (χ3n) is 5.70. The highest BCUT2D eigenvalue weighted by atomic mass is 16.5. The molecule has 6 atom stereocenters. The molecule has 6 heteroatoms. The van der Waals surface area contributed by atoms with Gasteiger partial charge in [-0.25, -0.2) is 0 Å². The molecule has 0 aromatic heterocycles. The average Bonchev–Trinajstić information content (AvgIpc) is 2.73. The molecule has 1 aliphatic rings. The van der Waals surface area contributed by atoms with E-state index in [2.05, 4.69) is 0 Å². The van der Waals surface area contributed by atoms with Crippen molar-refractivity contribution in [1.29, 1.82) is 0 Å². The number of hydrogen-bond acceptors (Lipinski definition) is 6. The second-order valence-electron chi connectivity index (χ2n) is 9.63. The van der Waals surface area contributed by atoms with E-state index in [0.717, 1.165) is 11.1 Å². The lowest BCUT2D eigenvalue weighted by atomic mass is 9.68. The van der Waals surface area contributed by atoms with E-state index in [1.165, 1.54) is 0 Å². The Morgan fingerprint density at radius 2 is 1.13 bits per heavy atom. The molecule has 0 spiro atoms. The highest BCUT2D eigenvalue weighted by molar-refractivity contribution is 5.16. The Morgan fingerprint density at radius 3 is 1.48 bits per heavy atom. The van der Waals surface area contributed by atoms with Crippen molar-refractivity contribution in [1.82, 2.24) is 0 Å². The smallest absolute Gasteiger partial charge is 0.122 e. The van der Waals surface area contributed by atoms with Gasteiger partial charge in [0.15, 0.2) is 0 Å². The highest BCUT2D eigenvalue weighted by Crippen LogP contribution is 2.41. The summed E-state index contributed by atoms with van der Waals surface area (Å²) in [5, 5.41) is 44.4. The molecule has 1 saturated carbocycles. The number of hydrogen-bond donors (Lipinski definition) is 4. The van der Waals surface area contributed by atoms with Crippen LogP contribution in [0.15, 0.2) is 60.7 Å². The summed E-state index contributed by atoms with van der Waals surface area (Å²) < 4.78 is 11.8. The van der Waals surface area contributed by atoms with Gasteiger partial charge < -0.3 is 29.9 Å². The average molecular weight is 431 g/mol. The Kier molecular flexibility index (Phi) is 7.52. The van der Waals surface area contributed by atoms with Crippen LogP contribution in [0.5, 0.6) is 0 Å². The van der Waals surface area contributed by atoms with E-state index in [4.69, 9.17) is 9.47 Å². The number of benzene rings is 2. The molecule has 1 fully saturated rings. The molecule has 31 heavy (non-hydrogen) atoms. The minimum atomic E-state index is -1.90. The van der Waals surface area contributed by atoms with Crippen molar-refractivity contribution < 1.29 is 29.9 Å². The maximum absolute atomic E-state index is 11.4. The van der Waals surface area contributed by atoms with Gasteiger partial charge in [0.25, 0.3) is 0 Å². The molecule has 1 aliphatic carbocycles. The Hall–Kier alpha value is -1.80. The van der Waals surface area contributed by atoms with E-state index in [0.29, 0.717) is 0 Å². The van der Waals surface area contributed by atoms with Gasteiger partial charge >= 0.3 is 0 Å². The summed E-state index contributed by atoms with van der Waals surface area (Å²) >= 11 is 0. The number of ether oxygens (including phenoxy) is 2. The second kappa shape index (κ2) is 9.77. The first kappa shape index (κ1) is 23.9. The molecular formula is C25H34O6. The van der Waals surface area contributed by atoms with Crippen LogP contribution in [0.1, 0.15) is 38.3 Å². The molecule has 4 N–H and O–H groups in total. The van der Waals surface area contributed by atoms with Gasteiger partial charge in [0.05, 0.1) is 13.2 Å². The fourth-order valence-corrected chi connectivity index (χ4v) is 4.28. The summed E-state index contributed by atoms with van der Waals surface area (Å²) in [4.78, 5) is 0. The summed E-state index contributed by atoms with van der Waals surface area (Å²) in [5.41, 5.74) is -0.559. The summed E-state index contributed by atoms with van der Waals surface area (Å²) in [6.07, 6.45) is -6.45. The van der Waals surface area contributed by atoms with Gasteiger partial charge in [0, 0.05) is 0 Å². The van der Waals surface area contributed by atoms with Crippen LogP contribution >= 0.6 is 0 Å². The Labute approximate surface area is 184 Å². The minimum Gasteiger partial charge on any atom is -0.387 e. The van der Waals surface area contributed by atoms with E-state index in [1.807, 2.05) is 81.4 Å². The molecule has 2 unspecified atom stereocenters. The largest absolute Gasteiger partial charge is 0.387 e. The molecule has 0 radical (unpaired) electrons. The zero-order valence-corrected chi connectivity index (χ0v) is 18.4. The molecule has 0 amide bonds. The second-order valence-corrected chi connectivity index (χ2v) is 9.63. The normalized spacial score (nSPS) is 31.5. The Bertz CT molecular complexity index is 746. The van der Waals surface area contributed by atoms with E-state index in [-0.39, 0.29) is 19.6 Å². The van der Waals surface area contributed by atoms with Crippen LogP contribution in [-0.4, -0.2) is 56.5 Å². The van der Waals surface area contributed by atoms with Gasteiger partial charge in [-0.1, -0.05) is 81.4 Å². The topological polar surface area (TPSA) is 99.4 Å². The zero-order valence-electron chi connectivity index (χ0n) is 18.4. The molecule has 170 valence electrons. The van der Waals surface area contributed by atoms with Gasteiger partial charge in [-0.2, -0.15) is 0 Å². The molecule has 6 nitrogen and oxygen atoms in total. The first-order chi connectivity index (χ1) is 14.6. The van der Waals surface area contributed by atoms with E-state index < -0.39 is 41.5 Å². The fourth-order valence-electron chi connectivity index (χ4n) is 4.28. The summed E-state index contributed by atoms with van der Waals surface area (Å²) in [6.45, 7) is 6.03. The summed E-state index contributed by atoms with van der Waals surface area (Å²) in [5.74, 6) is 0. The van der Waals surface area contributed by atoms with Crippen molar-refractivity contribution in [3.05, 3.63) is 71.8 Å². The SMILES string of the molecule is CC(C)(C)CC1(O)[C@H](O)[C@@H](OCc2ccccc2)C(O)[C@H](OCc2ccccc2)[C@@H]1O. The third kappa shape index (κ3) is 5.71. The zero-order chi connectivity index (χ0) is 22.6. The lowest BCUT2D eigenvalue weighted by molar-refractivity contribution is -0.294. The predicted octanol–water partition coefficient (Wildman–Crippen LogP) is 2.42. The van der Waals surface area contributed by atoms with Gasteiger partial charge in [-0.05, 0) is 23.0 Å². The molecule has 3 rings (SSSR count). The fraction of sp³-hybridized carbons (Fsp3) is 0.520. The van der Waals surface area contributed by atoms with E-state index >= 15 is 0 Å². The van der Waals surface area contributed by atoms with Crippen molar-refractivity contribution in [2.75, 3.05) is 0 Å². The predicted molar refractivity (Wildman–Crippen MR) is 117 cm³/mol. The number of aliphatic hydroxyl groups excluding tert-OH is 3. The third-order valence-corrected chi connectivity index (χ3v) is 5.70. The van der Waals surface area contributed by atoms with Crippen molar-refractivity contribution in [2.24, 2.45) is 5.41 Å². The quantitative estimate of drug-likeness (QED) is 0.539. The van der Waals surface area contributed by atoms with Gasteiger partial charge in [-0.3, -0.25) is 0 Å². The number of rotatable bonds is 7. The Balaban J connectivity index is 1.84. The lowest BCUT2D eigenvalue weighted by Crippen LogP contribution is -2.72. The van der Waals surface area contributed by atoms with Crippen molar-refractivity contribution in [3.63, 3.8) is 0 Å². The van der Waals surface area contributed by atoms with E-state index in [9.17, 15) is 20.4 Å². The molecule has 0 aliphatic heterocycles. The molecular weight excluding hydrogens is 396 g/mol. The summed E-state index contributed by atoms with van der Waals surface area (Å²) in [6, 6.07) is 18.8. The van der Waals surface area contributed by atoms with Crippen LogP contribution in [0.2, 0.25) is 0 Å². The van der Waals surface area contributed by atoms with Crippen LogP contribution < -0.4 is 0 Å². The molecule has 2 aromatic carbocycles. The standard InChI is InChI=1S/C25H34O6/c1-24(2,3)16-25(29)22(27)20(30-14-17-10-6-4-7-11-17)19(26)21(23(25)28)31-15-18-12-8-5-9-13-18/h4-13,19-23,26-29H,14-16H2,1-3H3/t19?,20-,21-,22-,23+,25?/m0/s1. The highest BCUT2D eigenvalue weighted by Gasteiger charge is 2.60. The summed E-state index contributed by atoms with van der Waals surface area (Å²) in [7, 11) is 0. The van der Waals surface area contributed by atoms with Crippen LogP contribution in [0.4, 0.5) is 0 Å². The molecule has 2 aromatic rings. The first-order valence-corrected chi connectivity index (χ1v) is 10.7. The van der Waals surface area contributed by atoms with Crippen molar-refractivity contribution >= 4 is 0 Å². The van der Waals surface area contributed by atoms with Gasteiger partial charge in [0.1, 0.15) is 36.1 Å². The molecule has 0 saturated heterocycles. The molecule has 0 bridgehead atoms. The van der Waals surface area contributed by atoms with Crippen LogP contribution in [0, 0.1) is 5.41 Å². The van der Waals surface area contributed by atoms with Gasteiger partial charge in [-0.15, -0.1) is 0 Å². The van der Waals surface area contributed by atoms with Gasteiger partial charge in [0.2, 0.25) is 0 Å². The van der Waals surface area contributed by atoms with Crippen LogP contribution in [0.3, 0.4) is 0 Å². The first-order valence-electron chi connectivity index (χ1n) is 10.7. The lowest BCUT2D eigenvalue weighted by Gasteiger charge is -2.52. The van der Waals surface area contributed by atoms with Crippen LogP contribution in [-0.2, 0) is 22.7 Å². The van der Waals surface area contributed by atoms with Crippen molar-refractivity contribution in [2.45, 2.75) is 76.5 Å². The molecule has 0 heterocycles.